The zero-order valence-corrected chi connectivity index (χ0v) is 15.4. The molecule has 0 spiro atoms. The second-order valence-corrected chi connectivity index (χ2v) is 6.64. The van der Waals surface area contributed by atoms with Gasteiger partial charge in [-0.25, -0.2) is 14.8 Å². The average Bonchev–Trinajstić information content (AvgIpc) is 2.92. The minimum absolute atomic E-state index is 0.314. The molecule has 26 heavy (non-hydrogen) atoms. The lowest BCUT2D eigenvalue weighted by molar-refractivity contribution is 0.0531. The number of carbonyl (C=O) groups excluding carboxylic acids is 2. The quantitative estimate of drug-likeness (QED) is 0.667. The van der Waals surface area contributed by atoms with E-state index in [-0.39, 0.29) is 5.97 Å². The van der Waals surface area contributed by atoms with Gasteiger partial charge in [0, 0.05) is 11.3 Å². The fourth-order valence-corrected chi connectivity index (χ4v) is 3.70. The number of rotatable bonds is 5. The fraction of sp³-hybridized carbons (Fsp3) is 0.222. The molecule has 0 aliphatic heterocycles. The van der Waals surface area contributed by atoms with Gasteiger partial charge in [-0.3, -0.25) is 4.79 Å². The van der Waals surface area contributed by atoms with Crippen molar-refractivity contribution < 1.29 is 14.3 Å². The molecule has 0 fully saturated rings. The Hall–Kier alpha value is -3.00. The molecule has 0 saturated carbocycles. The number of amides is 1. The average molecular weight is 370 g/mol. The third-order valence-corrected chi connectivity index (χ3v) is 4.96. The maximum atomic E-state index is 12.2. The van der Waals surface area contributed by atoms with Gasteiger partial charge in [-0.2, -0.15) is 0 Å². The monoisotopic (exact) mass is 370 g/mol. The van der Waals surface area contributed by atoms with Crippen LogP contribution in [0.15, 0.2) is 24.3 Å². The molecule has 0 unspecified atom stereocenters. The van der Waals surface area contributed by atoms with Gasteiger partial charge in [-0.05, 0) is 50.6 Å². The maximum absolute atomic E-state index is 12.2. The zero-order valence-electron chi connectivity index (χ0n) is 14.6. The zero-order chi connectivity index (χ0) is 18.8. The molecular formula is C18H18N4O3S. The lowest BCUT2D eigenvalue weighted by atomic mass is 10.1. The van der Waals surface area contributed by atoms with Crippen molar-refractivity contribution in [1.29, 1.82) is 0 Å². The van der Waals surface area contributed by atoms with Crippen LogP contribution in [0.5, 0.6) is 0 Å². The van der Waals surface area contributed by atoms with Crippen LogP contribution in [0.25, 0.3) is 10.2 Å². The van der Waals surface area contributed by atoms with Crippen molar-refractivity contribution in [3.05, 3.63) is 46.1 Å². The molecule has 134 valence electrons. The first kappa shape index (κ1) is 17.8. The van der Waals surface area contributed by atoms with Crippen LogP contribution in [0, 0.1) is 13.8 Å². The Kier molecular flexibility index (Phi) is 4.85. The number of esters is 1. The van der Waals surface area contributed by atoms with E-state index in [0.29, 0.717) is 33.5 Å². The van der Waals surface area contributed by atoms with Crippen molar-refractivity contribution >= 4 is 44.9 Å². The summed E-state index contributed by atoms with van der Waals surface area (Å²) in [5.41, 5.74) is 7.22. The third kappa shape index (κ3) is 3.36. The second kappa shape index (κ2) is 7.09. The summed E-state index contributed by atoms with van der Waals surface area (Å²) >= 11 is 1.29. The Labute approximate surface area is 154 Å². The van der Waals surface area contributed by atoms with Crippen molar-refractivity contribution in [1.82, 2.24) is 9.97 Å². The highest BCUT2D eigenvalue weighted by atomic mass is 32.1. The molecule has 7 nitrogen and oxygen atoms in total. The van der Waals surface area contributed by atoms with E-state index < -0.39 is 5.91 Å². The lowest BCUT2D eigenvalue weighted by Gasteiger charge is -2.09. The number of thiophene rings is 1. The first-order chi connectivity index (χ1) is 12.4. The van der Waals surface area contributed by atoms with Crippen LogP contribution >= 0.6 is 11.3 Å². The normalized spacial score (nSPS) is 10.7. The van der Waals surface area contributed by atoms with Gasteiger partial charge in [0.2, 0.25) is 5.91 Å². The summed E-state index contributed by atoms with van der Waals surface area (Å²) in [5, 5.41) is 4.01. The predicted molar refractivity (Wildman–Crippen MR) is 101 cm³/mol. The van der Waals surface area contributed by atoms with E-state index in [1.807, 2.05) is 6.92 Å². The number of hydrogen-bond acceptors (Lipinski definition) is 7. The minimum atomic E-state index is -0.482. The molecule has 1 amide bonds. The maximum Gasteiger partial charge on any atom is 0.348 e. The Bertz CT molecular complexity index is 996. The summed E-state index contributed by atoms with van der Waals surface area (Å²) in [5.74, 6) is 0.348. The van der Waals surface area contributed by atoms with Gasteiger partial charge in [0.25, 0.3) is 0 Å². The van der Waals surface area contributed by atoms with E-state index in [0.717, 1.165) is 16.6 Å². The highest BCUT2D eigenvalue weighted by Gasteiger charge is 2.21. The molecule has 0 atom stereocenters. The van der Waals surface area contributed by atoms with Gasteiger partial charge < -0.3 is 15.8 Å². The summed E-state index contributed by atoms with van der Waals surface area (Å²) in [6, 6.07) is 6.77. The molecular weight excluding hydrogens is 352 g/mol. The van der Waals surface area contributed by atoms with Gasteiger partial charge >= 0.3 is 5.97 Å². The van der Waals surface area contributed by atoms with E-state index in [4.69, 9.17) is 10.5 Å². The van der Waals surface area contributed by atoms with E-state index in [9.17, 15) is 9.59 Å². The van der Waals surface area contributed by atoms with Gasteiger partial charge in [0.15, 0.2) is 0 Å². The lowest BCUT2D eigenvalue weighted by Crippen LogP contribution is -2.10. The number of nitrogens with zero attached hydrogens (tertiary/aromatic N) is 2. The highest BCUT2D eigenvalue weighted by Crippen LogP contribution is 2.35. The van der Waals surface area contributed by atoms with Crippen LogP contribution in [-0.2, 0) is 4.74 Å². The van der Waals surface area contributed by atoms with Crippen LogP contribution in [0.1, 0.15) is 38.3 Å². The number of nitrogens with one attached hydrogen (secondary N) is 1. The van der Waals surface area contributed by atoms with E-state index in [1.165, 1.54) is 11.3 Å². The Morgan fingerprint density at radius 1 is 1.19 bits per heavy atom. The number of benzene rings is 1. The number of anilines is 2. The van der Waals surface area contributed by atoms with Crippen molar-refractivity contribution in [2.75, 3.05) is 11.9 Å². The topological polar surface area (TPSA) is 107 Å². The van der Waals surface area contributed by atoms with Crippen molar-refractivity contribution in [2.24, 2.45) is 5.73 Å². The number of nitrogens with two attached hydrogens (primary N) is 1. The van der Waals surface area contributed by atoms with E-state index in [2.05, 4.69) is 15.3 Å². The van der Waals surface area contributed by atoms with Crippen molar-refractivity contribution in [3.63, 3.8) is 0 Å². The Balaban J connectivity index is 2.04. The molecule has 0 saturated heterocycles. The molecule has 0 aliphatic rings. The van der Waals surface area contributed by atoms with Crippen LogP contribution in [-0.4, -0.2) is 28.5 Å². The number of carbonyl (C=O) groups is 2. The summed E-state index contributed by atoms with van der Waals surface area (Å²) in [6.45, 7) is 5.73. The predicted octanol–water partition coefficient (Wildman–Crippen LogP) is 3.33. The summed E-state index contributed by atoms with van der Waals surface area (Å²) in [7, 11) is 0. The van der Waals surface area contributed by atoms with Crippen molar-refractivity contribution in [3.8, 4) is 0 Å². The summed E-state index contributed by atoms with van der Waals surface area (Å²) < 4.78 is 5.12. The standard InChI is InChI=1S/C18H18N4O3S/c1-4-25-18(24)14-9(2)13-16(20-10(3)21-17(13)26-14)22-12-7-5-11(6-8-12)15(19)23/h5-8H,4H2,1-3H3,(H2,19,23)(H,20,21,22). The Morgan fingerprint density at radius 3 is 2.50 bits per heavy atom. The molecule has 1 aromatic carbocycles. The number of aryl methyl sites for hydroxylation is 2. The molecule has 0 radical (unpaired) electrons. The van der Waals surface area contributed by atoms with Gasteiger partial charge in [0.1, 0.15) is 21.3 Å². The smallest absolute Gasteiger partial charge is 0.348 e. The molecule has 3 rings (SSSR count). The Morgan fingerprint density at radius 2 is 1.88 bits per heavy atom. The molecule has 8 heteroatoms. The molecule has 2 heterocycles. The van der Waals surface area contributed by atoms with Crippen molar-refractivity contribution in [2.45, 2.75) is 20.8 Å². The first-order valence-corrected chi connectivity index (χ1v) is 8.84. The van der Waals surface area contributed by atoms with Crippen LogP contribution in [0.4, 0.5) is 11.5 Å². The fourth-order valence-electron chi connectivity index (χ4n) is 2.58. The summed E-state index contributed by atoms with van der Waals surface area (Å²) in [4.78, 5) is 33.5. The van der Waals surface area contributed by atoms with E-state index in [1.54, 1.807) is 38.1 Å². The molecule has 3 N–H and O–H groups in total. The van der Waals surface area contributed by atoms with Crippen LogP contribution in [0.3, 0.4) is 0 Å². The first-order valence-electron chi connectivity index (χ1n) is 8.02. The van der Waals surface area contributed by atoms with Gasteiger partial charge in [0.05, 0.1) is 12.0 Å². The largest absolute Gasteiger partial charge is 0.462 e. The number of hydrogen-bond donors (Lipinski definition) is 2. The minimum Gasteiger partial charge on any atom is -0.462 e. The number of ether oxygens (including phenoxy) is 1. The van der Waals surface area contributed by atoms with Crippen LogP contribution in [0.2, 0.25) is 0 Å². The van der Waals surface area contributed by atoms with Gasteiger partial charge in [-0.1, -0.05) is 0 Å². The highest BCUT2D eigenvalue weighted by molar-refractivity contribution is 7.20. The van der Waals surface area contributed by atoms with Gasteiger partial charge in [-0.15, -0.1) is 11.3 Å². The molecule has 0 bridgehead atoms. The SMILES string of the molecule is CCOC(=O)c1sc2nc(C)nc(Nc3ccc(C(N)=O)cc3)c2c1C. The van der Waals surface area contributed by atoms with E-state index >= 15 is 0 Å². The number of fused-ring (bicyclic) bond motifs is 1. The van der Waals surface area contributed by atoms with Crippen LogP contribution < -0.4 is 11.1 Å². The summed E-state index contributed by atoms with van der Waals surface area (Å²) in [6.07, 6.45) is 0. The third-order valence-electron chi connectivity index (χ3n) is 3.79. The molecule has 0 aliphatic carbocycles. The molecule has 3 aromatic rings. The number of aromatic nitrogens is 2. The second-order valence-electron chi connectivity index (χ2n) is 5.64. The number of primary amides is 1. The molecule has 2 aromatic heterocycles.